The van der Waals surface area contributed by atoms with Gasteiger partial charge in [0.25, 0.3) is 0 Å². The SMILES string of the molecule is Cc1ccc(O)c(CC2C=CC=CC2NC2CCN(C)CC2)n1. The van der Waals surface area contributed by atoms with Gasteiger partial charge in [-0.15, -0.1) is 0 Å². The molecule has 1 fully saturated rings. The van der Waals surface area contributed by atoms with Crippen LogP contribution in [0.15, 0.2) is 36.4 Å². The van der Waals surface area contributed by atoms with Gasteiger partial charge in [0.15, 0.2) is 0 Å². The Morgan fingerprint density at radius 3 is 2.74 bits per heavy atom. The fourth-order valence-corrected chi connectivity index (χ4v) is 3.45. The van der Waals surface area contributed by atoms with Crippen LogP contribution in [0.3, 0.4) is 0 Å². The van der Waals surface area contributed by atoms with Gasteiger partial charge >= 0.3 is 0 Å². The Kier molecular flexibility index (Phi) is 5.13. The van der Waals surface area contributed by atoms with Crippen LogP contribution in [0.2, 0.25) is 0 Å². The third-order valence-electron chi connectivity index (χ3n) is 4.91. The zero-order valence-electron chi connectivity index (χ0n) is 14.1. The molecule has 2 unspecified atom stereocenters. The zero-order valence-corrected chi connectivity index (χ0v) is 14.1. The summed E-state index contributed by atoms with van der Waals surface area (Å²) in [6, 6.07) is 4.49. The first-order valence-corrected chi connectivity index (χ1v) is 8.57. The Labute approximate surface area is 138 Å². The summed E-state index contributed by atoms with van der Waals surface area (Å²) in [5, 5.41) is 13.9. The highest BCUT2D eigenvalue weighted by atomic mass is 16.3. The van der Waals surface area contributed by atoms with Crippen LogP contribution in [0.1, 0.15) is 24.2 Å². The number of aromatic nitrogens is 1. The fourth-order valence-electron chi connectivity index (χ4n) is 3.45. The molecule has 2 N–H and O–H groups in total. The van der Waals surface area contributed by atoms with E-state index in [1.165, 1.54) is 12.8 Å². The number of nitrogens with one attached hydrogen (secondary N) is 1. The molecule has 124 valence electrons. The molecule has 0 radical (unpaired) electrons. The number of likely N-dealkylation sites (tertiary alicyclic amines) is 1. The first-order chi connectivity index (χ1) is 11.1. The summed E-state index contributed by atoms with van der Waals surface area (Å²) in [6.45, 7) is 4.29. The lowest BCUT2D eigenvalue weighted by molar-refractivity contribution is 0.222. The molecule has 4 nitrogen and oxygen atoms in total. The number of hydrogen-bond donors (Lipinski definition) is 2. The molecule has 23 heavy (non-hydrogen) atoms. The monoisotopic (exact) mass is 313 g/mol. The van der Waals surface area contributed by atoms with Gasteiger partial charge < -0.3 is 15.3 Å². The Morgan fingerprint density at radius 2 is 1.96 bits per heavy atom. The molecule has 0 bridgehead atoms. The number of aryl methyl sites for hydroxylation is 1. The third-order valence-corrected chi connectivity index (χ3v) is 4.91. The maximum absolute atomic E-state index is 10.1. The molecular formula is C19H27N3O. The van der Waals surface area contributed by atoms with Gasteiger partial charge in [0.05, 0.1) is 5.69 Å². The minimum atomic E-state index is 0.302. The minimum absolute atomic E-state index is 0.302. The second-order valence-electron chi connectivity index (χ2n) is 6.83. The van der Waals surface area contributed by atoms with E-state index in [1.807, 2.05) is 13.0 Å². The lowest BCUT2D eigenvalue weighted by atomic mass is 9.89. The van der Waals surface area contributed by atoms with E-state index in [9.17, 15) is 5.11 Å². The molecule has 1 saturated heterocycles. The number of piperidine rings is 1. The van der Waals surface area contributed by atoms with Crippen LogP contribution < -0.4 is 5.32 Å². The second-order valence-corrected chi connectivity index (χ2v) is 6.83. The van der Waals surface area contributed by atoms with Gasteiger partial charge in [-0.3, -0.25) is 4.98 Å². The quantitative estimate of drug-likeness (QED) is 0.896. The standard InChI is InChI=1S/C19H27N3O/c1-14-7-8-19(23)18(20-14)13-15-5-3-4-6-17(15)21-16-9-11-22(2)12-10-16/h3-8,15-17,21,23H,9-13H2,1-2H3. The molecule has 1 aromatic heterocycles. The second kappa shape index (κ2) is 7.28. The van der Waals surface area contributed by atoms with E-state index in [0.717, 1.165) is 30.9 Å². The molecule has 1 aliphatic heterocycles. The van der Waals surface area contributed by atoms with Gasteiger partial charge in [0.2, 0.25) is 0 Å². The molecule has 0 saturated carbocycles. The van der Waals surface area contributed by atoms with E-state index < -0.39 is 0 Å². The minimum Gasteiger partial charge on any atom is -0.506 e. The Hall–Kier alpha value is -1.65. The largest absolute Gasteiger partial charge is 0.506 e. The fraction of sp³-hybridized carbons (Fsp3) is 0.526. The van der Waals surface area contributed by atoms with E-state index in [4.69, 9.17) is 0 Å². The number of pyridine rings is 1. The van der Waals surface area contributed by atoms with Gasteiger partial charge in [0.1, 0.15) is 5.75 Å². The summed E-state index contributed by atoms with van der Waals surface area (Å²) in [4.78, 5) is 6.91. The normalized spacial score (nSPS) is 25.8. The lowest BCUT2D eigenvalue weighted by Crippen LogP contribution is -2.47. The van der Waals surface area contributed by atoms with Crippen molar-refractivity contribution in [3.05, 3.63) is 47.8 Å². The maximum atomic E-state index is 10.1. The summed E-state index contributed by atoms with van der Waals surface area (Å²) < 4.78 is 0. The summed E-state index contributed by atoms with van der Waals surface area (Å²) in [6.07, 6.45) is 11.9. The first-order valence-electron chi connectivity index (χ1n) is 8.57. The summed E-state index contributed by atoms with van der Waals surface area (Å²) in [7, 11) is 2.19. The predicted octanol–water partition coefficient (Wildman–Crippen LogP) is 2.43. The number of aromatic hydroxyl groups is 1. The Morgan fingerprint density at radius 1 is 1.22 bits per heavy atom. The van der Waals surface area contributed by atoms with Crippen molar-refractivity contribution in [2.24, 2.45) is 5.92 Å². The van der Waals surface area contributed by atoms with Crippen LogP contribution in [-0.2, 0) is 6.42 Å². The maximum Gasteiger partial charge on any atom is 0.137 e. The molecule has 2 atom stereocenters. The van der Waals surface area contributed by atoms with Gasteiger partial charge in [-0.2, -0.15) is 0 Å². The van der Waals surface area contributed by atoms with Gasteiger partial charge in [-0.05, 0) is 52.0 Å². The molecule has 2 heterocycles. The molecular weight excluding hydrogens is 286 g/mol. The molecule has 3 rings (SSSR count). The molecule has 1 aromatic rings. The van der Waals surface area contributed by atoms with Crippen LogP contribution in [0.5, 0.6) is 5.75 Å². The summed E-state index contributed by atoms with van der Waals surface area (Å²) >= 11 is 0. The van der Waals surface area contributed by atoms with Crippen molar-refractivity contribution in [1.82, 2.24) is 15.2 Å². The lowest BCUT2D eigenvalue weighted by Gasteiger charge is -2.34. The van der Waals surface area contributed by atoms with E-state index in [0.29, 0.717) is 23.8 Å². The molecule has 0 spiro atoms. The average Bonchev–Trinajstić information content (AvgIpc) is 2.55. The van der Waals surface area contributed by atoms with Gasteiger partial charge in [-0.25, -0.2) is 0 Å². The van der Waals surface area contributed by atoms with Gasteiger partial charge in [0, 0.05) is 30.1 Å². The van der Waals surface area contributed by atoms with Crippen molar-refractivity contribution in [2.75, 3.05) is 20.1 Å². The van der Waals surface area contributed by atoms with Crippen LogP contribution >= 0.6 is 0 Å². The highest BCUT2D eigenvalue weighted by Crippen LogP contribution is 2.24. The number of rotatable bonds is 4. The van der Waals surface area contributed by atoms with E-state index in [2.05, 4.69) is 46.6 Å². The van der Waals surface area contributed by atoms with Crippen LogP contribution in [0.25, 0.3) is 0 Å². The zero-order chi connectivity index (χ0) is 16.2. The van der Waals surface area contributed by atoms with Crippen LogP contribution in [-0.4, -0.2) is 47.2 Å². The predicted molar refractivity (Wildman–Crippen MR) is 93.6 cm³/mol. The summed E-state index contributed by atoms with van der Waals surface area (Å²) in [5.74, 6) is 0.636. The van der Waals surface area contributed by atoms with Crippen LogP contribution in [0, 0.1) is 12.8 Å². The van der Waals surface area contributed by atoms with Crippen molar-refractivity contribution < 1.29 is 5.11 Å². The topological polar surface area (TPSA) is 48.4 Å². The average molecular weight is 313 g/mol. The van der Waals surface area contributed by atoms with Crippen molar-refractivity contribution in [3.8, 4) is 5.75 Å². The Balaban J connectivity index is 1.66. The molecule has 2 aliphatic rings. The molecule has 0 amide bonds. The summed E-state index contributed by atoms with van der Waals surface area (Å²) in [5.41, 5.74) is 1.75. The van der Waals surface area contributed by atoms with Gasteiger partial charge in [-0.1, -0.05) is 24.3 Å². The first kappa shape index (κ1) is 16.2. The van der Waals surface area contributed by atoms with Crippen molar-refractivity contribution in [3.63, 3.8) is 0 Å². The van der Waals surface area contributed by atoms with E-state index in [-0.39, 0.29) is 0 Å². The van der Waals surface area contributed by atoms with Crippen molar-refractivity contribution in [1.29, 1.82) is 0 Å². The molecule has 4 heteroatoms. The number of allylic oxidation sites excluding steroid dienone is 2. The van der Waals surface area contributed by atoms with Crippen LogP contribution in [0.4, 0.5) is 0 Å². The van der Waals surface area contributed by atoms with E-state index >= 15 is 0 Å². The van der Waals surface area contributed by atoms with E-state index in [1.54, 1.807) is 6.07 Å². The Bertz CT molecular complexity index is 588. The third kappa shape index (κ3) is 4.21. The smallest absolute Gasteiger partial charge is 0.137 e. The highest BCUT2D eigenvalue weighted by molar-refractivity contribution is 5.30. The van der Waals surface area contributed by atoms with Crippen molar-refractivity contribution in [2.45, 2.75) is 38.3 Å². The van der Waals surface area contributed by atoms with Crippen molar-refractivity contribution >= 4 is 0 Å². The number of hydrogen-bond acceptors (Lipinski definition) is 4. The number of nitrogens with zero attached hydrogens (tertiary/aromatic N) is 2. The molecule has 1 aliphatic carbocycles. The highest BCUT2D eigenvalue weighted by Gasteiger charge is 2.25. The molecule has 0 aromatic carbocycles.